The molecule has 0 fully saturated rings. The van der Waals surface area contributed by atoms with Gasteiger partial charge in [-0.15, -0.1) is 0 Å². The Labute approximate surface area is 158 Å². The molecule has 2 aromatic carbocycles. The van der Waals surface area contributed by atoms with Gasteiger partial charge < -0.3 is 10.5 Å². The number of hydrogen-bond acceptors (Lipinski definition) is 5. The van der Waals surface area contributed by atoms with Crippen LogP contribution in [0.25, 0.3) is 11.1 Å². The number of benzene rings is 2. The first-order chi connectivity index (χ1) is 12.2. The van der Waals surface area contributed by atoms with Gasteiger partial charge in [0.1, 0.15) is 5.75 Å². The summed E-state index contributed by atoms with van der Waals surface area (Å²) in [6, 6.07) is 9.36. The Bertz CT molecular complexity index is 840. The Morgan fingerprint density at radius 3 is 2.23 bits per heavy atom. The number of hydrazine groups is 1. The Morgan fingerprint density at radius 1 is 1.08 bits per heavy atom. The largest absolute Gasteiger partial charge is 0.507 e. The summed E-state index contributed by atoms with van der Waals surface area (Å²) in [4.78, 5) is 0. The number of aromatic amines is 1. The third-order valence-corrected chi connectivity index (χ3v) is 4.06. The van der Waals surface area contributed by atoms with E-state index in [4.69, 9.17) is 17.4 Å². The van der Waals surface area contributed by atoms with Crippen LogP contribution in [0.15, 0.2) is 42.7 Å². The zero-order valence-corrected chi connectivity index (χ0v) is 16.1. The summed E-state index contributed by atoms with van der Waals surface area (Å²) >= 11 is 6.00. The van der Waals surface area contributed by atoms with Crippen LogP contribution in [0.3, 0.4) is 0 Å². The quantitative estimate of drug-likeness (QED) is 0.394. The number of phenolic OH excluding ortho intramolecular Hbond substituents is 1. The second-order valence-corrected chi connectivity index (χ2v) is 7.39. The van der Waals surface area contributed by atoms with E-state index in [2.05, 4.69) is 41.6 Å². The molecule has 26 heavy (non-hydrogen) atoms. The molecule has 1 heterocycles. The normalized spacial score (nSPS) is 10.8. The van der Waals surface area contributed by atoms with E-state index in [1.54, 1.807) is 24.5 Å². The minimum atomic E-state index is -0.145. The van der Waals surface area contributed by atoms with Gasteiger partial charge >= 0.3 is 0 Å². The fourth-order valence-corrected chi connectivity index (χ4v) is 2.77. The Hall–Kier alpha value is -2.57. The van der Waals surface area contributed by atoms with Crippen molar-refractivity contribution in [2.24, 2.45) is 5.84 Å². The van der Waals surface area contributed by atoms with Gasteiger partial charge in [-0.2, -0.15) is 15.4 Å². The van der Waals surface area contributed by atoms with Crippen LogP contribution in [0.1, 0.15) is 31.9 Å². The van der Waals surface area contributed by atoms with Crippen molar-refractivity contribution in [1.82, 2.24) is 15.4 Å². The second-order valence-electron chi connectivity index (χ2n) is 6.95. The average Bonchev–Trinajstić information content (AvgIpc) is 3.15. The minimum Gasteiger partial charge on any atom is -0.507 e. The third kappa shape index (κ3) is 4.74. The van der Waals surface area contributed by atoms with Gasteiger partial charge in [0.15, 0.2) is 0 Å². The number of hydrogen-bond donors (Lipinski definition) is 4. The molecule has 0 amide bonds. The number of aromatic nitrogens is 3. The molecule has 0 radical (unpaired) electrons. The molecular weight excluding hydrogens is 350 g/mol. The summed E-state index contributed by atoms with van der Waals surface area (Å²) in [6.07, 6.45) is 3.17. The van der Waals surface area contributed by atoms with Crippen LogP contribution in [0.4, 0.5) is 5.69 Å². The molecule has 3 rings (SSSR count). The number of aromatic hydroxyl groups is 1. The van der Waals surface area contributed by atoms with Crippen LogP contribution in [-0.4, -0.2) is 20.5 Å². The minimum absolute atomic E-state index is 0.145. The van der Waals surface area contributed by atoms with E-state index in [9.17, 15) is 5.11 Å². The van der Waals surface area contributed by atoms with Crippen molar-refractivity contribution in [2.75, 3.05) is 5.43 Å². The number of nitrogens with two attached hydrogens (primary N) is 1. The number of anilines is 1. The molecule has 3 aromatic rings. The van der Waals surface area contributed by atoms with Gasteiger partial charge in [0.25, 0.3) is 0 Å². The van der Waals surface area contributed by atoms with Crippen LogP contribution >= 0.6 is 11.6 Å². The van der Waals surface area contributed by atoms with E-state index in [1.165, 1.54) is 0 Å². The topological polar surface area (TPSA) is 99.9 Å². The third-order valence-electron chi connectivity index (χ3n) is 3.82. The van der Waals surface area contributed by atoms with Crippen molar-refractivity contribution < 1.29 is 5.11 Å². The van der Waals surface area contributed by atoms with Crippen LogP contribution in [0.2, 0.25) is 5.02 Å². The molecule has 138 valence electrons. The van der Waals surface area contributed by atoms with Gasteiger partial charge in [-0.1, -0.05) is 44.5 Å². The van der Waals surface area contributed by atoms with E-state index < -0.39 is 0 Å². The highest BCUT2D eigenvalue weighted by Crippen LogP contribution is 2.42. The number of H-pyrrole nitrogens is 1. The van der Waals surface area contributed by atoms with Gasteiger partial charge in [-0.25, -0.2) is 0 Å². The lowest BCUT2D eigenvalue weighted by Gasteiger charge is -2.23. The fourth-order valence-electron chi connectivity index (χ4n) is 2.59. The molecule has 0 unspecified atom stereocenters. The SMILES string of the molecule is Cc1cc(-c2ccc(Cl)cc2NN)c(O)c(C(C)(C)C)c1.c1cn[nH]n1. The van der Waals surface area contributed by atoms with E-state index in [-0.39, 0.29) is 11.2 Å². The summed E-state index contributed by atoms with van der Waals surface area (Å²) in [7, 11) is 0. The predicted molar refractivity (Wildman–Crippen MR) is 106 cm³/mol. The molecule has 0 bridgehead atoms. The lowest BCUT2D eigenvalue weighted by atomic mass is 9.83. The number of nitrogens with one attached hydrogen (secondary N) is 2. The number of nitrogens with zero attached hydrogens (tertiary/aromatic N) is 2. The smallest absolute Gasteiger partial charge is 0.127 e. The van der Waals surface area contributed by atoms with Crippen molar-refractivity contribution in [3.63, 3.8) is 0 Å². The maximum absolute atomic E-state index is 10.7. The van der Waals surface area contributed by atoms with E-state index in [0.717, 1.165) is 22.3 Å². The molecule has 0 aliphatic carbocycles. The number of halogens is 1. The van der Waals surface area contributed by atoms with Crippen LogP contribution in [-0.2, 0) is 5.41 Å². The molecule has 6 nitrogen and oxygen atoms in total. The molecule has 0 aliphatic rings. The number of phenols is 1. The first kappa shape index (κ1) is 19.8. The highest BCUT2D eigenvalue weighted by atomic mass is 35.5. The van der Waals surface area contributed by atoms with Crippen LogP contribution < -0.4 is 11.3 Å². The van der Waals surface area contributed by atoms with Crippen LogP contribution in [0.5, 0.6) is 5.75 Å². The number of aryl methyl sites for hydroxylation is 1. The van der Waals surface area contributed by atoms with Gasteiger partial charge in [0.2, 0.25) is 0 Å². The molecular formula is C19H24ClN5O. The van der Waals surface area contributed by atoms with Gasteiger partial charge in [0, 0.05) is 21.7 Å². The van der Waals surface area contributed by atoms with E-state index >= 15 is 0 Å². The maximum atomic E-state index is 10.7. The zero-order chi connectivity index (χ0) is 19.3. The van der Waals surface area contributed by atoms with Crippen molar-refractivity contribution in [3.05, 3.63) is 58.9 Å². The Morgan fingerprint density at radius 2 is 1.73 bits per heavy atom. The average molecular weight is 374 g/mol. The first-order valence-corrected chi connectivity index (χ1v) is 8.52. The van der Waals surface area contributed by atoms with Gasteiger partial charge in [-0.3, -0.25) is 5.84 Å². The molecule has 0 saturated heterocycles. The molecule has 1 aromatic heterocycles. The summed E-state index contributed by atoms with van der Waals surface area (Å²) in [6.45, 7) is 8.25. The monoisotopic (exact) mass is 373 g/mol. The first-order valence-electron chi connectivity index (χ1n) is 8.14. The highest BCUT2D eigenvalue weighted by Gasteiger charge is 2.22. The number of rotatable bonds is 2. The predicted octanol–water partition coefficient (Wildman–Crippen LogP) is 4.41. The molecule has 0 atom stereocenters. The second kappa shape index (κ2) is 8.21. The lowest BCUT2D eigenvalue weighted by molar-refractivity contribution is 0.448. The molecule has 5 N–H and O–H groups in total. The standard InChI is InChI=1S/C17H21ClN2O.C2H3N3/c1-10-7-13(16(21)14(8-10)17(2,3)4)12-6-5-11(18)9-15(12)20-19;1-2-4-5-3-1/h5-9,20-21H,19H2,1-4H3;1-2H,(H,3,4,5). The summed E-state index contributed by atoms with van der Waals surface area (Å²) in [5, 5.41) is 20.6. The van der Waals surface area contributed by atoms with Gasteiger partial charge in [0.05, 0.1) is 18.1 Å². The van der Waals surface area contributed by atoms with Gasteiger partial charge in [-0.05, 0) is 36.1 Å². The summed E-state index contributed by atoms with van der Waals surface area (Å²) in [5.74, 6) is 5.86. The highest BCUT2D eigenvalue weighted by molar-refractivity contribution is 6.31. The van der Waals surface area contributed by atoms with E-state index in [0.29, 0.717) is 10.7 Å². The van der Waals surface area contributed by atoms with E-state index in [1.807, 2.05) is 25.1 Å². The Kier molecular flexibility index (Phi) is 6.23. The Balaban J connectivity index is 0.000000417. The zero-order valence-electron chi connectivity index (χ0n) is 15.3. The van der Waals surface area contributed by atoms with Crippen LogP contribution in [0, 0.1) is 6.92 Å². The van der Waals surface area contributed by atoms with Crippen molar-refractivity contribution in [3.8, 4) is 16.9 Å². The number of nitrogen functional groups attached to an aromatic ring is 1. The summed E-state index contributed by atoms with van der Waals surface area (Å²) in [5.41, 5.74) is 6.77. The molecule has 0 spiro atoms. The van der Waals surface area contributed by atoms with Crippen molar-refractivity contribution in [2.45, 2.75) is 33.1 Å². The van der Waals surface area contributed by atoms with Crippen molar-refractivity contribution in [1.29, 1.82) is 0 Å². The fraction of sp³-hybridized carbons (Fsp3) is 0.263. The summed E-state index contributed by atoms with van der Waals surface area (Å²) < 4.78 is 0. The maximum Gasteiger partial charge on any atom is 0.127 e. The van der Waals surface area contributed by atoms with Crippen molar-refractivity contribution >= 4 is 17.3 Å². The molecule has 0 saturated carbocycles. The molecule has 0 aliphatic heterocycles. The molecule has 7 heteroatoms. The lowest BCUT2D eigenvalue weighted by Crippen LogP contribution is -2.12.